The van der Waals surface area contributed by atoms with Gasteiger partial charge < -0.3 is 10.6 Å². The van der Waals surface area contributed by atoms with E-state index < -0.39 is 6.17 Å². The Kier molecular flexibility index (Phi) is 9.24. The number of nitrogens with one attached hydrogen (secondary N) is 2. The maximum Gasteiger partial charge on any atom is 0.104 e. The standard InChI is InChI=1S/C19H27Cl2FN2/c1-5-8-13(9-6-2)16(11-15(22)7-3)18(23-4)19-17(21)10-14(20)12-24-19/h5,8-10,12,15,19,23-24H,6-7,11H2,1-4H3/b8-5-,13-9+,18-16+. The molecule has 0 saturated carbocycles. The van der Waals surface area contributed by atoms with E-state index in [4.69, 9.17) is 23.2 Å². The van der Waals surface area contributed by atoms with E-state index in [9.17, 15) is 4.39 Å². The molecule has 0 amide bonds. The Hall–Kier alpha value is -1.19. The highest BCUT2D eigenvalue weighted by molar-refractivity contribution is 6.35. The van der Waals surface area contributed by atoms with Crippen molar-refractivity contribution in [3.05, 3.63) is 57.4 Å². The molecule has 0 radical (unpaired) electrons. The molecule has 0 spiro atoms. The van der Waals surface area contributed by atoms with Gasteiger partial charge in [0.05, 0.1) is 5.03 Å². The molecule has 1 aliphatic rings. The third kappa shape index (κ3) is 5.71. The van der Waals surface area contributed by atoms with Crippen LogP contribution < -0.4 is 10.6 Å². The molecule has 5 heteroatoms. The summed E-state index contributed by atoms with van der Waals surface area (Å²) in [5.41, 5.74) is 2.82. The quantitative estimate of drug-likeness (QED) is 0.535. The van der Waals surface area contributed by atoms with Crippen molar-refractivity contribution in [1.82, 2.24) is 10.6 Å². The summed E-state index contributed by atoms with van der Waals surface area (Å²) in [6.07, 6.45) is 10.3. The van der Waals surface area contributed by atoms with Crippen LogP contribution in [0.4, 0.5) is 4.39 Å². The van der Waals surface area contributed by atoms with Crippen LogP contribution in [-0.4, -0.2) is 19.3 Å². The van der Waals surface area contributed by atoms with Crippen LogP contribution >= 0.6 is 23.2 Å². The lowest BCUT2D eigenvalue weighted by Crippen LogP contribution is -2.36. The van der Waals surface area contributed by atoms with E-state index >= 15 is 0 Å². The van der Waals surface area contributed by atoms with E-state index in [1.54, 1.807) is 12.3 Å². The normalized spacial score (nSPS) is 21.0. The zero-order chi connectivity index (χ0) is 18.1. The highest BCUT2D eigenvalue weighted by Gasteiger charge is 2.24. The summed E-state index contributed by atoms with van der Waals surface area (Å²) in [6.45, 7) is 5.89. The molecule has 1 aliphatic heterocycles. The van der Waals surface area contributed by atoms with Crippen LogP contribution in [0.15, 0.2) is 57.4 Å². The lowest BCUT2D eigenvalue weighted by Gasteiger charge is -2.27. The first-order chi connectivity index (χ1) is 11.5. The second-order valence-corrected chi connectivity index (χ2v) is 6.45. The molecule has 0 fully saturated rings. The minimum absolute atomic E-state index is 0.260. The minimum Gasteiger partial charge on any atom is -0.389 e. The first-order valence-corrected chi connectivity index (χ1v) is 9.10. The van der Waals surface area contributed by atoms with Crippen molar-refractivity contribution in [1.29, 1.82) is 0 Å². The van der Waals surface area contributed by atoms with E-state index in [1.807, 2.05) is 33.0 Å². The van der Waals surface area contributed by atoms with Crippen LogP contribution in [0.3, 0.4) is 0 Å². The maximum atomic E-state index is 14.2. The van der Waals surface area contributed by atoms with E-state index in [0.29, 0.717) is 22.9 Å². The number of rotatable bonds is 8. The predicted molar refractivity (Wildman–Crippen MR) is 104 cm³/mol. The molecule has 0 aromatic rings. The molecule has 1 heterocycles. The Bertz CT molecular complexity index is 574. The molecule has 0 aromatic carbocycles. The number of allylic oxidation sites excluding steroid dienone is 7. The second kappa shape index (κ2) is 10.6. The van der Waals surface area contributed by atoms with Gasteiger partial charge in [-0.25, -0.2) is 4.39 Å². The number of alkyl halides is 1. The van der Waals surface area contributed by atoms with Gasteiger partial charge in [-0.3, -0.25) is 0 Å². The van der Waals surface area contributed by atoms with Gasteiger partial charge >= 0.3 is 0 Å². The fourth-order valence-electron chi connectivity index (χ4n) is 2.63. The Morgan fingerprint density at radius 1 is 1.42 bits per heavy atom. The third-order valence-electron chi connectivity index (χ3n) is 3.81. The fraction of sp³-hybridized carbons (Fsp3) is 0.474. The van der Waals surface area contributed by atoms with Crippen molar-refractivity contribution in [3.63, 3.8) is 0 Å². The van der Waals surface area contributed by atoms with Crippen LogP contribution in [0.5, 0.6) is 0 Å². The Balaban J connectivity index is 3.42. The van der Waals surface area contributed by atoms with Crippen LogP contribution in [0.25, 0.3) is 0 Å². The number of halogens is 3. The second-order valence-electron chi connectivity index (χ2n) is 5.58. The molecule has 1 rings (SSSR count). The van der Waals surface area contributed by atoms with Gasteiger partial charge in [0.15, 0.2) is 0 Å². The molecule has 2 nitrogen and oxygen atoms in total. The van der Waals surface area contributed by atoms with Gasteiger partial charge in [0.25, 0.3) is 0 Å². The van der Waals surface area contributed by atoms with Crippen LogP contribution in [0, 0.1) is 0 Å². The molecule has 24 heavy (non-hydrogen) atoms. The Morgan fingerprint density at radius 3 is 2.62 bits per heavy atom. The molecule has 2 N–H and O–H groups in total. The minimum atomic E-state index is -0.903. The predicted octanol–water partition coefficient (Wildman–Crippen LogP) is 5.69. The number of hydrogen-bond donors (Lipinski definition) is 2. The van der Waals surface area contributed by atoms with Crippen molar-refractivity contribution in [2.24, 2.45) is 0 Å². The summed E-state index contributed by atoms with van der Waals surface area (Å²) >= 11 is 12.4. The number of likely N-dealkylation sites (N-methyl/N-ethyl adjacent to an activating group) is 1. The zero-order valence-electron chi connectivity index (χ0n) is 14.8. The molecule has 0 bridgehead atoms. The zero-order valence-corrected chi connectivity index (χ0v) is 16.3. The highest BCUT2D eigenvalue weighted by atomic mass is 35.5. The van der Waals surface area contributed by atoms with E-state index in [1.165, 1.54) is 0 Å². The Labute approximate surface area is 155 Å². The smallest absolute Gasteiger partial charge is 0.104 e. The van der Waals surface area contributed by atoms with Gasteiger partial charge in [-0.05, 0) is 37.0 Å². The first-order valence-electron chi connectivity index (χ1n) is 8.35. The molecule has 0 aliphatic carbocycles. The Morgan fingerprint density at radius 2 is 2.12 bits per heavy atom. The lowest BCUT2D eigenvalue weighted by atomic mass is 9.92. The van der Waals surface area contributed by atoms with Crippen molar-refractivity contribution in [3.8, 4) is 0 Å². The number of dihydropyridines is 1. The van der Waals surface area contributed by atoms with Gasteiger partial charge in [-0.2, -0.15) is 0 Å². The maximum absolute atomic E-state index is 14.2. The molecule has 0 saturated heterocycles. The van der Waals surface area contributed by atoms with Crippen LogP contribution in [-0.2, 0) is 0 Å². The highest BCUT2D eigenvalue weighted by Crippen LogP contribution is 2.30. The average Bonchev–Trinajstić information content (AvgIpc) is 2.55. The summed E-state index contributed by atoms with van der Waals surface area (Å²) in [6, 6.07) is -0.260. The number of hydrogen-bond acceptors (Lipinski definition) is 2. The fourth-order valence-corrected chi connectivity index (χ4v) is 3.16. The third-order valence-corrected chi connectivity index (χ3v) is 4.36. The first kappa shape index (κ1) is 20.9. The van der Waals surface area contributed by atoms with E-state index in [-0.39, 0.29) is 6.04 Å². The summed E-state index contributed by atoms with van der Waals surface area (Å²) in [7, 11) is 1.83. The molecule has 2 unspecified atom stereocenters. The SMILES string of the molecule is C\C=C/C(=C\CC)C(/CC(F)CC)=C(/NC)C1NC=C(Cl)C=C1Cl. The van der Waals surface area contributed by atoms with Gasteiger partial charge in [0.2, 0.25) is 0 Å². The monoisotopic (exact) mass is 372 g/mol. The van der Waals surface area contributed by atoms with Gasteiger partial charge in [-0.15, -0.1) is 0 Å². The van der Waals surface area contributed by atoms with Gasteiger partial charge in [0, 0.05) is 30.4 Å². The van der Waals surface area contributed by atoms with Crippen molar-refractivity contribution in [2.75, 3.05) is 7.05 Å². The van der Waals surface area contributed by atoms with E-state index in [2.05, 4.69) is 23.6 Å². The summed E-state index contributed by atoms with van der Waals surface area (Å²) in [5.74, 6) is 0. The van der Waals surface area contributed by atoms with Crippen LogP contribution in [0.1, 0.15) is 40.0 Å². The molecule has 2 atom stereocenters. The van der Waals surface area contributed by atoms with Crippen LogP contribution in [0.2, 0.25) is 0 Å². The summed E-state index contributed by atoms with van der Waals surface area (Å²) in [5, 5.41) is 7.53. The average molecular weight is 373 g/mol. The van der Waals surface area contributed by atoms with Gasteiger partial charge in [-0.1, -0.05) is 55.3 Å². The molecular formula is C19H27Cl2FN2. The van der Waals surface area contributed by atoms with Crippen molar-refractivity contribution >= 4 is 23.2 Å². The molecule has 0 aromatic heterocycles. The van der Waals surface area contributed by atoms with E-state index in [0.717, 1.165) is 23.3 Å². The summed E-state index contributed by atoms with van der Waals surface area (Å²) < 4.78 is 14.2. The molecular weight excluding hydrogens is 346 g/mol. The van der Waals surface area contributed by atoms with Gasteiger partial charge in [0.1, 0.15) is 12.2 Å². The van der Waals surface area contributed by atoms with Crippen molar-refractivity contribution < 1.29 is 4.39 Å². The topological polar surface area (TPSA) is 24.1 Å². The lowest BCUT2D eigenvalue weighted by molar-refractivity contribution is 0.322. The largest absolute Gasteiger partial charge is 0.389 e. The van der Waals surface area contributed by atoms with Crippen molar-refractivity contribution in [2.45, 2.75) is 52.2 Å². The summed E-state index contributed by atoms with van der Waals surface area (Å²) in [4.78, 5) is 0. The molecule has 134 valence electrons.